The normalized spacial score (nSPS) is 23.5. The van der Waals surface area contributed by atoms with Gasteiger partial charge in [0.15, 0.2) is 12.6 Å². The van der Waals surface area contributed by atoms with Crippen LogP contribution in [0.2, 0.25) is 0 Å². The fraction of sp³-hybridized carbons (Fsp3) is 0.300. The minimum absolute atomic E-state index is 0.158. The minimum Gasteiger partial charge on any atom is -0.374 e. The topological polar surface area (TPSA) is 92.3 Å². The summed E-state index contributed by atoms with van der Waals surface area (Å²) in [5.74, 6) is 0. The summed E-state index contributed by atoms with van der Waals surface area (Å²) in [6.07, 6.45) is -6.97. The molecule has 10 heteroatoms. The summed E-state index contributed by atoms with van der Waals surface area (Å²) in [7, 11) is 0. The van der Waals surface area contributed by atoms with Crippen molar-refractivity contribution >= 4 is 0 Å². The van der Waals surface area contributed by atoms with Gasteiger partial charge in [-0.1, -0.05) is 212 Å². The Bertz CT molecular complexity index is 2490. The predicted molar refractivity (Wildman–Crippen MR) is 266 cm³/mol. The van der Waals surface area contributed by atoms with Crippen LogP contribution in [0.15, 0.2) is 212 Å². The zero-order valence-corrected chi connectivity index (χ0v) is 39.3. The van der Waals surface area contributed by atoms with Gasteiger partial charge in [0.1, 0.15) is 42.7 Å². The Labute approximate surface area is 411 Å². The third-order valence-corrected chi connectivity index (χ3v) is 12.4. The van der Waals surface area contributed by atoms with Gasteiger partial charge in [-0.3, -0.25) is 0 Å². The Balaban J connectivity index is 1.09. The van der Waals surface area contributed by atoms with E-state index in [1.807, 2.05) is 212 Å². The standard InChI is InChI=1S/C60H62O10/c1-8-22-45(23-9-1)36-61-43-53-54(63-38-47-26-12-3-13-27-47)56(64-39-48-28-14-4-15-29-48)58(66-41-50-32-18-6-19-33-50)60(69-53)70-55-52(62-37-46-24-10-2-11-25-46)44-68-59(67-42-51-34-20-7-21-35-51)57(55)65-40-49-30-16-5-17-31-49/h1-35,52-60H,36-44H2/t52-,53?,54+,55?,56?,57+,58+,59-,60+/m1/s1. The highest BCUT2D eigenvalue weighted by molar-refractivity contribution is 5.19. The Morgan fingerprint density at radius 1 is 0.314 bits per heavy atom. The molecule has 2 aliphatic heterocycles. The fourth-order valence-electron chi connectivity index (χ4n) is 8.68. The van der Waals surface area contributed by atoms with Gasteiger partial charge in [0, 0.05) is 0 Å². The van der Waals surface area contributed by atoms with Crippen LogP contribution in [-0.4, -0.2) is 68.5 Å². The molecule has 70 heavy (non-hydrogen) atoms. The highest BCUT2D eigenvalue weighted by Crippen LogP contribution is 2.36. The Kier molecular flexibility index (Phi) is 18.5. The van der Waals surface area contributed by atoms with Crippen LogP contribution in [0.25, 0.3) is 0 Å². The molecule has 9 rings (SSSR count). The van der Waals surface area contributed by atoms with E-state index in [0.717, 1.165) is 38.9 Å². The smallest absolute Gasteiger partial charge is 0.187 e. The number of benzene rings is 7. The summed E-state index contributed by atoms with van der Waals surface area (Å²) in [6, 6.07) is 70.5. The molecule has 2 heterocycles. The molecule has 0 bridgehead atoms. The van der Waals surface area contributed by atoms with E-state index in [1.54, 1.807) is 0 Å². The average Bonchev–Trinajstić information content (AvgIpc) is 3.42. The quantitative estimate of drug-likeness (QED) is 0.0583. The molecule has 2 aliphatic rings. The van der Waals surface area contributed by atoms with Crippen LogP contribution in [0.4, 0.5) is 0 Å². The number of hydrogen-bond donors (Lipinski definition) is 0. The second kappa shape index (κ2) is 26.4. The summed E-state index contributed by atoms with van der Waals surface area (Å²) < 4.78 is 69.2. The maximum Gasteiger partial charge on any atom is 0.187 e. The van der Waals surface area contributed by atoms with Crippen molar-refractivity contribution in [3.63, 3.8) is 0 Å². The first-order valence-electron chi connectivity index (χ1n) is 24.2. The van der Waals surface area contributed by atoms with Gasteiger partial charge in [-0.25, -0.2) is 0 Å². The van der Waals surface area contributed by atoms with Crippen LogP contribution in [0.5, 0.6) is 0 Å². The monoisotopic (exact) mass is 942 g/mol. The SMILES string of the molecule is c1ccc(COCC2O[C@@H](OC3[C@H](OCc4ccccc4)CO[C@@H](OCc4ccccc4)[C@H]3OCc3ccccc3)[C@@H](OCc3ccccc3)C(OCc3ccccc3)[C@H]2OCc2ccccc2)cc1. The zero-order chi connectivity index (χ0) is 47.4. The zero-order valence-electron chi connectivity index (χ0n) is 39.3. The van der Waals surface area contributed by atoms with Gasteiger partial charge < -0.3 is 47.4 Å². The average molecular weight is 943 g/mol. The maximum absolute atomic E-state index is 7.46. The van der Waals surface area contributed by atoms with Crippen LogP contribution in [0.3, 0.4) is 0 Å². The van der Waals surface area contributed by atoms with E-state index in [2.05, 4.69) is 0 Å². The molecule has 0 N–H and O–H groups in total. The molecule has 2 fully saturated rings. The lowest BCUT2D eigenvalue weighted by Gasteiger charge is -2.49. The predicted octanol–water partition coefficient (Wildman–Crippen LogP) is 10.8. The van der Waals surface area contributed by atoms with Crippen molar-refractivity contribution in [3.8, 4) is 0 Å². The molecule has 0 aromatic heterocycles. The summed E-state index contributed by atoms with van der Waals surface area (Å²) in [6.45, 7) is 2.39. The molecule has 10 nitrogen and oxygen atoms in total. The number of hydrogen-bond acceptors (Lipinski definition) is 10. The summed E-state index contributed by atoms with van der Waals surface area (Å²) in [5.41, 5.74) is 7.01. The van der Waals surface area contributed by atoms with E-state index in [4.69, 9.17) is 47.4 Å². The summed E-state index contributed by atoms with van der Waals surface area (Å²) >= 11 is 0. The van der Waals surface area contributed by atoms with Crippen molar-refractivity contribution in [2.24, 2.45) is 0 Å². The third-order valence-electron chi connectivity index (χ3n) is 12.4. The first kappa shape index (κ1) is 49.1. The fourth-order valence-corrected chi connectivity index (χ4v) is 8.68. The van der Waals surface area contributed by atoms with Crippen molar-refractivity contribution < 1.29 is 47.4 Å². The van der Waals surface area contributed by atoms with Crippen molar-refractivity contribution in [1.82, 2.24) is 0 Å². The first-order chi connectivity index (χ1) is 34.7. The lowest BCUT2D eigenvalue weighted by atomic mass is 9.97. The summed E-state index contributed by atoms with van der Waals surface area (Å²) in [4.78, 5) is 0. The molecular weight excluding hydrogens is 881 g/mol. The van der Waals surface area contributed by atoms with Crippen molar-refractivity contribution in [3.05, 3.63) is 251 Å². The molecule has 362 valence electrons. The molecule has 0 radical (unpaired) electrons. The first-order valence-corrected chi connectivity index (χ1v) is 24.2. The van der Waals surface area contributed by atoms with E-state index in [0.29, 0.717) is 26.4 Å². The van der Waals surface area contributed by atoms with Crippen molar-refractivity contribution in [2.75, 3.05) is 13.2 Å². The Morgan fingerprint density at radius 2 is 0.643 bits per heavy atom. The largest absolute Gasteiger partial charge is 0.374 e. The van der Waals surface area contributed by atoms with Gasteiger partial charge in [-0.15, -0.1) is 0 Å². The van der Waals surface area contributed by atoms with E-state index >= 15 is 0 Å². The molecule has 0 spiro atoms. The van der Waals surface area contributed by atoms with Gasteiger partial charge in [0.25, 0.3) is 0 Å². The van der Waals surface area contributed by atoms with Gasteiger partial charge in [0.2, 0.25) is 0 Å². The van der Waals surface area contributed by atoms with Crippen LogP contribution in [-0.2, 0) is 93.6 Å². The second-order valence-corrected chi connectivity index (χ2v) is 17.5. The molecular formula is C60H62O10. The molecule has 3 unspecified atom stereocenters. The molecule has 0 aliphatic carbocycles. The molecule has 0 amide bonds. The molecule has 2 saturated heterocycles. The molecule has 7 aromatic carbocycles. The summed E-state index contributed by atoms with van der Waals surface area (Å²) in [5, 5.41) is 0. The van der Waals surface area contributed by atoms with Crippen molar-refractivity contribution in [2.45, 2.75) is 102 Å². The number of rotatable bonds is 24. The van der Waals surface area contributed by atoms with Gasteiger partial charge in [-0.2, -0.15) is 0 Å². The van der Waals surface area contributed by atoms with Gasteiger partial charge >= 0.3 is 0 Å². The minimum atomic E-state index is -1.05. The molecule has 9 atom stereocenters. The van der Waals surface area contributed by atoms with Crippen LogP contribution < -0.4 is 0 Å². The lowest BCUT2D eigenvalue weighted by molar-refractivity contribution is -0.369. The van der Waals surface area contributed by atoms with Crippen molar-refractivity contribution in [1.29, 1.82) is 0 Å². The maximum atomic E-state index is 7.46. The van der Waals surface area contributed by atoms with Crippen LogP contribution in [0, 0.1) is 0 Å². The van der Waals surface area contributed by atoms with E-state index in [9.17, 15) is 0 Å². The molecule has 7 aromatic rings. The van der Waals surface area contributed by atoms with Crippen LogP contribution >= 0.6 is 0 Å². The van der Waals surface area contributed by atoms with E-state index in [-0.39, 0.29) is 33.0 Å². The highest BCUT2D eigenvalue weighted by Gasteiger charge is 2.53. The third kappa shape index (κ3) is 14.4. The molecule has 0 saturated carbocycles. The van der Waals surface area contributed by atoms with Gasteiger partial charge in [0.05, 0.1) is 59.5 Å². The Hall–Kier alpha value is -5.86. The number of ether oxygens (including phenoxy) is 10. The van der Waals surface area contributed by atoms with Gasteiger partial charge in [-0.05, 0) is 38.9 Å². The Morgan fingerprint density at radius 3 is 1.06 bits per heavy atom. The van der Waals surface area contributed by atoms with E-state index < -0.39 is 55.3 Å². The second-order valence-electron chi connectivity index (χ2n) is 17.5. The lowest BCUT2D eigenvalue weighted by Crippen LogP contribution is -2.65. The van der Waals surface area contributed by atoms with E-state index in [1.165, 1.54) is 0 Å². The highest BCUT2D eigenvalue weighted by atomic mass is 16.8. The van der Waals surface area contributed by atoms with Crippen LogP contribution in [0.1, 0.15) is 38.9 Å².